The third kappa shape index (κ3) is 5.61. The maximum atomic E-state index is 12.8. The predicted octanol–water partition coefficient (Wildman–Crippen LogP) is 4.70. The molecule has 0 aliphatic carbocycles. The molecular weight excluding hydrogens is 410 g/mol. The summed E-state index contributed by atoms with van der Waals surface area (Å²) in [5, 5.41) is 3.97. The van der Waals surface area contributed by atoms with Crippen LogP contribution in [0.3, 0.4) is 0 Å². The van der Waals surface area contributed by atoms with Crippen LogP contribution in [0.4, 0.5) is 5.69 Å². The number of aromatic nitrogens is 1. The van der Waals surface area contributed by atoms with Crippen LogP contribution in [0.25, 0.3) is 10.9 Å². The van der Waals surface area contributed by atoms with Crippen LogP contribution in [0.5, 0.6) is 0 Å². The molecule has 0 aliphatic heterocycles. The van der Waals surface area contributed by atoms with Crippen LogP contribution in [0, 0.1) is 6.92 Å². The van der Waals surface area contributed by atoms with Gasteiger partial charge >= 0.3 is 0 Å². The molecule has 1 aromatic heterocycles. The summed E-state index contributed by atoms with van der Waals surface area (Å²) in [6.07, 6.45) is 1.11. The topological polar surface area (TPSA) is 88.2 Å². The Balaban J connectivity index is 1.77. The Kier molecular flexibility index (Phi) is 6.09. The Bertz CT molecular complexity index is 1240. The van der Waals surface area contributed by atoms with Crippen molar-refractivity contribution < 1.29 is 13.2 Å². The Morgan fingerprint density at radius 1 is 1.03 bits per heavy atom. The maximum Gasteiger partial charge on any atom is 0.270 e. The summed E-state index contributed by atoms with van der Waals surface area (Å²) in [6.45, 7) is 10.2. The van der Waals surface area contributed by atoms with Gasteiger partial charge in [-0.2, -0.15) is 0 Å². The van der Waals surface area contributed by atoms with Crippen molar-refractivity contribution in [2.45, 2.75) is 46.1 Å². The number of rotatable bonds is 5. The van der Waals surface area contributed by atoms with Crippen molar-refractivity contribution in [3.8, 4) is 0 Å². The number of anilines is 1. The van der Waals surface area contributed by atoms with E-state index in [0.717, 1.165) is 28.3 Å². The molecule has 164 valence electrons. The van der Waals surface area contributed by atoms with Crippen LogP contribution >= 0.6 is 0 Å². The Hall–Kier alpha value is -2.93. The molecule has 31 heavy (non-hydrogen) atoms. The Morgan fingerprint density at radius 2 is 1.74 bits per heavy atom. The summed E-state index contributed by atoms with van der Waals surface area (Å²) >= 11 is 0. The highest BCUT2D eigenvalue weighted by Gasteiger charge is 2.17. The van der Waals surface area contributed by atoms with Gasteiger partial charge in [0.25, 0.3) is 5.91 Å². The van der Waals surface area contributed by atoms with E-state index in [0.29, 0.717) is 11.4 Å². The minimum atomic E-state index is -3.34. The van der Waals surface area contributed by atoms with E-state index in [9.17, 15) is 13.2 Å². The van der Waals surface area contributed by atoms with E-state index in [-0.39, 0.29) is 17.4 Å². The lowest BCUT2D eigenvalue weighted by molar-refractivity contribution is 0.0935. The largest absolute Gasteiger partial charge is 0.344 e. The van der Waals surface area contributed by atoms with Crippen LogP contribution < -0.4 is 10.0 Å². The monoisotopic (exact) mass is 439 g/mol. The summed E-state index contributed by atoms with van der Waals surface area (Å²) in [5.74, 6) is -0.259. The van der Waals surface area contributed by atoms with Gasteiger partial charge in [0.15, 0.2) is 0 Å². The number of fused-ring (bicyclic) bond motifs is 1. The zero-order valence-corrected chi connectivity index (χ0v) is 19.6. The first kappa shape index (κ1) is 22.7. The third-order valence-corrected chi connectivity index (χ3v) is 5.77. The molecule has 7 heteroatoms. The number of benzene rings is 2. The first-order valence-corrected chi connectivity index (χ1v) is 12.0. The van der Waals surface area contributed by atoms with Crippen LogP contribution in [-0.2, 0) is 15.4 Å². The van der Waals surface area contributed by atoms with Crippen molar-refractivity contribution in [1.82, 2.24) is 10.3 Å². The molecule has 0 unspecified atom stereocenters. The molecule has 2 N–H and O–H groups in total. The normalized spacial score (nSPS) is 13.1. The molecule has 3 aromatic rings. The van der Waals surface area contributed by atoms with E-state index in [1.807, 2.05) is 32.0 Å². The molecule has 0 bridgehead atoms. The summed E-state index contributed by atoms with van der Waals surface area (Å²) in [7, 11) is -3.34. The molecule has 2 aromatic carbocycles. The van der Waals surface area contributed by atoms with E-state index in [1.165, 1.54) is 5.56 Å². The second-order valence-corrected chi connectivity index (χ2v) is 10.7. The zero-order valence-electron chi connectivity index (χ0n) is 18.8. The highest BCUT2D eigenvalue weighted by Crippen LogP contribution is 2.26. The number of hydrogen-bond donors (Lipinski definition) is 2. The molecule has 3 rings (SSSR count). The van der Waals surface area contributed by atoms with Gasteiger partial charge in [0.05, 0.1) is 23.5 Å². The van der Waals surface area contributed by atoms with Crippen molar-refractivity contribution in [2.75, 3.05) is 11.0 Å². The van der Waals surface area contributed by atoms with Gasteiger partial charge in [0.1, 0.15) is 5.69 Å². The Morgan fingerprint density at radius 3 is 2.35 bits per heavy atom. The van der Waals surface area contributed by atoms with Crippen molar-refractivity contribution in [3.63, 3.8) is 0 Å². The van der Waals surface area contributed by atoms with Crippen molar-refractivity contribution in [1.29, 1.82) is 0 Å². The van der Waals surface area contributed by atoms with Gasteiger partial charge in [0, 0.05) is 5.39 Å². The van der Waals surface area contributed by atoms with E-state index >= 15 is 0 Å². The molecule has 1 atom stereocenters. The number of sulfonamides is 1. The fourth-order valence-electron chi connectivity index (χ4n) is 3.34. The number of pyridine rings is 1. The van der Waals surface area contributed by atoms with Gasteiger partial charge in [0.2, 0.25) is 10.0 Å². The minimum Gasteiger partial charge on any atom is -0.344 e. The highest BCUT2D eigenvalue weighted by atomic mass is 32.2. The number of amides is 1. The van der Waals surface area contributed by atoms with Crippen molar-refractivity contribution in [2.24, 2.45) is 0 Å². The van der Waals surface area contributed by atoms with E-state index in [1.54, 1.807) is 18.2 Å². The molecule has 0 radical (unpaired) electrons. The maximum absolute atomic E-state index is 12.8. The fourth-order valence-corrected chi connectivity index (χ4v) is 3.97. The van der Waals surface area contributed by atoms with E-state index in [4.69, 9.17) is 0 Å². The van der Waals surface area contributed by atoms with Gasteiger partial charge in [-0.15, -0.1) is 0 Å². The quantitative estimate of drug-likeness (QED) is 0.603. The number of nitrogens with zero attached hydrogens (tertiary/aromatic N) is 1. The van der Waals surface area contributed by atoms with Crippen LogP contribution in [0.2, 0.25) is 0 Å². The third-order valence-electron chi connectivity index (χ3n) is 5.18. The highest BCUT2D eigenvalue weighted by molar-refractivity contribution is 7.92. The molecule has 6 nitrogen and oxygen atoms in total. The predicted molar refractivity (Wildman–Crippen MR) is 126 cm³/mol. The average molecular weight is 440 g/mol. The number of aryl methyl sites for hydroxylation is 1. The van der Waals surface area contributed by atoms with Gasteiger partial charge < -0.3 is 5.32 Å². The minimum absolute atomic E-state index is 0.0458. The van der Waals surface area contributed by atoms with Crippen molar-refractivity contribution in [3.05, 3.63) is 70.9 Å². The van der Waals surface area contributed by atoms with Gasteiger partial charge in [-0.3, -0.25) is 9.52 Å². The van der Waals surface area contributed by atoms with E-state index in [2.05, 4.69) is 47.9 Å². The molecule has 1 amide bonds. The standard InChI is InChI=1S/C24H29N3O3S/c1-15-13-17(7-10-20(15)27-31(6,29)30)16(2)25-23(28)22-11-8-18-14-19(24(3,4)5)9-12-21(18)26-22/h7-14,16,27H,1-6H3,(H,25,28)/t16-/m1/s1. The first-order chi connectivity index (χ1) is 14.3. The second-order valence-electron chi connectivity index (χ2n) is 9.00. The SMILES string of the molecule is Cc1cc([C@@H](C)NC(=O)c2ccc3cc(C(C)(C)C)ccc3n2)ccc1NS(C)(=O)=O. The second kappa shape index (κ2) is 8.30. The Labute approximate surface area is 184 Å². The van der Waals surface area contributed by atoms with Gasteiger partial charge in [-0.25, -0.2) is 13.4 Å². The lowest BCUT2D eigenvalue weighted by Gasteiger charge is -2.19. The summed E-state index contributed by atoms with van der Waals surface area (Å²) in [5.41, 5.74) is 4.58. The summed E-state index contributed by atoms with van der Waals surface area (Å²) < 4.78 is 25.4. The van der Waals surface area contributed by atoms with Crippen LogP contribution in [0.1, 0.15) is 60.9 Å². The molecular formula is C24H29N3O3S. The zero-order chi connectivity index (χ0) is 23.0. The molecule has 0 fully saturated rings. The average Bonchev–Trinajstić information content (AvgIpc) is 2.66. The lowest BCUT2D eigenvalue weighted by Crippen LogP contribution is -2.27. The molecule has 0 spiro atoms. The smallest absolute Gasteiger partial charge is 0.270 e. The van der Waals surface area contributed by atoms with Gasteiger partial charge in [-0.05, 0) is 60.2 Å². The number of carbonyl (C=O) groups is 1. The molecule has 1 heterocycles. The fraction of sp³-hybridized carbons (Fsp3) is 0.333. The van der Waals surface area contributed by atoms with Crippen LogP contribution in [-0.4, -0.2) is 25.6 Å². The van der Waals surface area contributed by atoms with Crippen molar-refractivity contribution >= 4 is 32.5 Å². The van der Waals surface area contributed by atoms with Crippen LogP contribution in [0.15, 0.2) is 48.5 Å². The number of nitrogens with one attached hydrogen (secondary N) is 2. The molecule has 0 saturated carbocycles. The lowest BCUT2D eigenvalue weighted by atomic mass is 9.86. The van der Waals surface area contributed by atoms with Gasteiger partial charge in [-0.1, -0.05) is 45.0 Å². The number of carbonyl (C=O) groups excluding carboxylic acids is 1. The molecule has 0 aliphatic rings. The summed E-state index contributed by atoms with van der Waals surface area (Å²) in [4.78, 5) is 17.3. The summed E-state index contributed by atoms with van der Waals surface area (Å²) in [6, 6.07) is 14.9. The number of hydrogen-bond acceptors (Lipinski definition) is 4. The van der Waals surface area contributed by atoms with E-state index < -0.39 is 10.0 Å². The first-order valence-electron chi connectivity index (χ1n) is 10.1. The molecule has 0 saturated heterocycles.